The van der Waals surface area contributed by atoms with Crippen LogP contribution < -0.4 is 4.74 Å². The van der Waals surface area contributed by atoms with Gasteiger partial charge in [0.1, 0.15) is 5.75 Å². The number of benzene rings is 1. The van der Waals surface area contributed by atoms with Crippen LogP contribution in [0.3, 0.4) is 0 Å². The molecule has 1 heterocycles. The number of aromatic nitrogens is 1. The lowest BCUT2D eigenvalue weighted by molar-refractivity contribution is -0.140. The third kappa shape index (κ3) is 10.4. The van der Waals surface area contributed by atoms with E-state index < -0.39 is 0 Å². The van der Waals surface area contributed by atoms with Gasteiger partial charge in [-0.15, -0.1) is 0 Å². The van der Waals surface area contributed by atoms with Crippen LogP contribution in [0, 0.1) is 22.7 Å². The summed E-state index contributed by atoms with van der Waals surface area (Å²) in [4.78, 5) is 17.5. The molecule has 0 unspecified atom stereocenters. The van der Waals surface area contributed by atoms with E-state index >= 15 is 0 Å². The molecule has 0 aliphatic heterocycles. The van der Waals surface area contributed by atoms with Crippen LogP contribution in [0.2, 0.25) is 0 Å². The molecule has 0 atom stereocenters. The minimum absolute atomic E-state index is 0.114. The average Bonchev–Trinajstić information content (AvgIpc) is 2.97. The molecule has 0 bridgehead atoms. The molecule has 3 rings (SSSR count). The van der Waals surface area contributed by atoms with Gasteiger partial charge in [0.05, 0.1) is 23.1 Å². The maximum atomic E-state index is 12.8. The standard InChI is InChI=1S/C35H50N2O2/c1-3-5-7-9-10-11-13-15-29-16-21-33(37-27-29)30-17-19-32(20-18-30)39-34(38)31-22-25-35(28-36,26-23-31)24-14-12-8-6-4-2/h16-21,27,31H,3-15,22-26H2,1-2H3/t31-,35-. The van der Waals surface area contributed by atoms with E-state index in [4.69, 9.17) is 4.74 Å². The molecule has 0 N–H and O–H groups in total. The number of ether oxygens (including phenoxy) is 1. The predicted octanol–water partition coefficient (Wildman–Crippen LogP) is 10.0. The van der Waals surface area contributed by atoms with E-state index in [2.05, 4.69) is 37.0 Å². The van der Waals surface area contributed by atoms with Crippen LogP contribution in [0.25, 0.3) is 11.3 Å². The highest BCUT2D eigenvalue weighted by Crippen LogP contribution is 2.43. The fourth-order valence-corrected chi connectivity index (χ4v) is 5.81. The van der Waals surface area contributed by atoms with Crippen molar-refractivity contribution in [3.8, 4) is 23.1 Å². The Morgan fingerprint density at radius 3 is 2.08 bits per heavy atom. The first kappa shape index (κ1) is 30.9. The number of hydrogen-bond acceptors (Lipinski definition) is 4. The summed E-state index contributed by atoms with van der Waals surface area (Å²) in [7, 11) is 0. The van der Waals surface area contributed by atoms with Crippen LogP contribution in [0.5, 0.6) is 5.75 Å². The molecule has 1 aliphatic carbocycles. The van der Waals surface area contributed by atoms with E-state index in [0.29, 0.717) is 5.75 Å². The molecule has 4 heteroatoms. The average molecular weight is 531 g/mol. The van der Waals surface area contributed by atoms with Gasteiger partial charge in [-0.05, 0) is 80.8 Å². The van der Waals surface area contributed by atoms with Gasteiger partial charge in [0.15, 0.2) is 0 Å². The molecule has 0 radical (unpaired) electrons. The summed E-state index contributed by atoms with van der Waals surface area (Å²) in [6.45, 7) is 4.48. The summed E-state index contributed by atoms with van der Waals surface area (Å²) in [5, 5.41) is 9.85. The number of carbonyl (C=O) groups is 1. The van der Waals surface area contributed by atoms with Crippen molar-refractivity contribution >= 4 is 5.97 Å². The number of aryl methyl sites for hydroxylation is 1. The van der Waals surface area contributed by atoms with Crippen molar-refractivity contribution in [3.63, 3.8) is 0 Å². The molecule has 0 spiro atoms. The van der Waals surface area contributed by atoms with E-state index in [-0.39, 0.29) is 17.3 Å². The molecule has 1 aromatic heterocycles. The topological polar surface area (TPSA) is 63.0 Å². The Morgan fingerprint density at radius 2 is 1.49 bits per heavy atom. The Balaban J connectivity index is 1.41. The number of pyridine rings is 1. The van der Waals surface area contributed by atoms with Gasteiger partial charge in [-0.3, -0.25) is 9.78 Å². The van der Waals surface area contributed by atoms with Crippen LogP contribution in [0.15, 0.2) is 42.6 Å². The molecule has 1 aromatic carbocycles. The molecule has 212 valence electrons. The summed E-state index contributed by atoms with van der Waals surface area (Å²) in [5.74, 6) is 0.300. The van der Waals surface area contributed by atoms with Crippen LogP contribution in [-0.4, -0.2) is 11.0 Å². The molecule has 39 heavy (non-hydrogen) atoms. The van der Waals surface area contributed by atoms with Crippen LogP contribution in [0.1, 0.15) is 129 Å². The minimum atomic E-state index is -0.249. The Hall–Kier alpha value is -2.67. The normalized spacial score (nSPS) is 18.9. The summed E-state index contributed by atoms with van der Waals surface area (Å²) < 4.78 is 5.73. The molecule has 1 aliphatic rings. The highest BCUT2D eigenvalue weighted by Gasteiger charge is 2.37. The highest BCUT2D eigenvalue weighted by atomic mass is 16.5. The smallest absolute Gasteiger partial charge is 0.314 e. The molecular formula is C35H50N2O2. The molecule has 0 saturated heterocycles. The van der Waals surface area contributed by atoms with Gasteiger partial charge in [0.2, 0.25) is 0 Å². The van der Waals surface area contributed by atoms with Gasteiger partial charge in [-0.2, -0.15) is 5.26 Å². The summed E-state index contributed by atoms with van der Waals surface area (Å²) in [6.07, 6.45) is 22.5. The van der Waals surface area contributed by atoms with Crippen molar-refractivity contribution in [2.24, 2.45) is 11.3 Å². The Kier molecular flexibility index (Phi) is 13.5. The van der Waals surface area contributed by atoms with Gasteiger partial charge in [0, 0.05) is 11.8 Å². The second-order valence-electron chi connectivity index (χ2n) is 11.7. The maximum Gasteiger partial charge on any atom is 0.314 e. The van der Waals surface area contributed by atoms with Gasteiger partial charge >= 0.3 is 5.97 Å². The zero-order chi connectivity index (χ0) is 27.8. The number of nitriles is 1. The molecule has 1 saturated carbocycles. The molecular weight excluding hydrogens is 480 g/mol. The van der Waals surface area contributed by atoms with Crippen molar-refractivity contribution in [2.45, 2.75) is 129 Å². The van der Waals surface area contributed by atoms with Crippen LogP contribution in [-0.2, 0) is 11.2 Å². The van der Waals surface area contributed by atoms with Gasteiger partial charge in [0.25, 0.3) is 0 Å². The van der Waals surface area contributed by atoms with E-state index in [1.807, 2.05) is 30.5 Å². The molecule has 0 amide bonds. The van der Waals surface area contributed by atoms with Crippen LogP contribution >= 0.6 is 0 Å². The van der Waals surface area contributed by atoms with Crippen molar-refractivity contribution in [1.82, 2.24) is 4.98 Å². The van der Waals surface area contributed by atoms with E-state index in [1.165, 1.54) is 76.2 Å². The van der Waals surface area contributed by atoms with E-state index in [9.17, 15) is 10.1 Å². The van der Waals surface area contributed by atoms with Crippen LogP contribution in [0.4, 0.5) is 0 Å². The van der Waals surface area contributed by atoms with Gasteiger partial charge in [-0.25, -0.2) is 0 Å². The number of unbranched alkanes of at least 4 members (excludes halogenated alkanes) is 10. The molecule has 2 aromatic rings. The fraction of sp³-hybridized carbons (Fsp3) is 0.629. The van der Waals surface area contributed by atoms with E-state index in [0.717, 1.165) is 56.2 Å². The molecule has 4 nitrogen and oxygen atoms in total. The Bertz CT molecular complexity index is 998. The summed E-state index contributed by atoms with van der Waals surface area (Å²) in [6, 6.07) is 14.5. The van der Waals surface area contributed by atoms with E-state index in [1.54, 1.807) is 0 Å². The number of rotatable bonds is 17. The third-order valence-electron chi connectivity index (χ3n) is 8.53. The van der Waals surface area contributed by atoms with Crippen molar-refractivity contribution < 1.29 is 9.53 Å². The Labute approximate surface area is 237 Å². The first-order valence-corrected chi connectivity index (χ1v) is 15.8. The zero-order valence-corrected chi connectivity index (χ0v) is 24.6. The van der Waals surface area contributed by atoms with Crippen molar-refractivity contribution in [2.75, 3.05) is 0 Å². The number of carbonyl (C=O) groups excluding carboxylic acids is 1. The second kappa shape index (κ2) is 17.1. The summed E-state index contributed by atoms with van der Waals surface area (Å²) in [5.41, 5.74) is 3.00. The van der Waals surface area contributed by atoms with Gasteiger partial charge < -0.3 is 4.74 Å². The first-order chi connectivity index (χ1) is 19.1. The summed E-state index contributed by atoms with van der Waals surface area (Å²) >= 11 is 0. The lowest BCUT2D eigenvalue weighted by Gasteiger charge is -2.34. The largest absolute Gasteiger partial charge is 0.426 e. The predicted molar refractivity (Wildman–Crippen MR) is 160 cm³/mol. The lowest BCUT2D eigenvalue weighted by atomic mass is 9.69. The highest BCUT2D eigenvalue weighted by molar-refractivity contribution is 5.75. The minimum Gasteiger partial charge on any atom is -0.426 e. The third-order valence-corrected chi connectivity index (χ3v) is 8.53. The van der Waals surface area contributed by atoms with Crippen molar-refractivity contribution in [1.29, 1.82) is 5.26 Å². The zero-order valence-electron chi connectivity index (χ0n) is 24.6. The lowest BCUT2D eigenvalue weighted by Crippen LogP contribution is -2.31. The number of nitrogens with zero attached hydrogens (tertiary/aromatic N) is 2. The number of hydrogen-bond donors (Lipinski definition) is 0. The number of esters is 1. The van der Waals surface area contributed by atoms with Gasteiger partial charge in [-0.1, -0.05) is 90.5 Å². The maximum absolute atomic E-state index is 12.8. The Morgan fingerprint density at radius 1 is 0.872 bits per heavy atom. The molecule has 1 fully saturated rings. The second-order valence-corrected chi connectivity index (χ2v) is 11.7. The monoisotopic (exact) mass is 530 g/mol. The first-order valence-electron chi connectivity index (χ1n) is 15.8. The quantitative estimate of drug-likeness (QED) is 0.116. The SMILES string of the molecule is CCCCCCCCCc1ccc(-c2ccc(OC(=O)[C@H]3CC[C@@](C#N)(CCCCCCC)CC3)cc2)nc1. The fourth-order valence-electron chi connectivity index (χ4n) is 5.81. The van der Waals surface area contributed by atoms with Crippen molar-refractivity contribution in [3.05, 3.63) is 48.2 Å².